The number of benzene rings is 1. The fourth-order valence-electron chi connectivity index (χ4n) is 2.61. The molecule has 2 nitrogen and oxygen atoms in total. The molecule has 1 aliphatic carbocycles. The van der Waals surface area contributed by atoms with Crippen molar-refractivity contribution < 1.29 is 5.11 Å². The summed E-state index contributed by atoms with van der Waals surface area (Å²) < 4.78 is 0. The van der Waals surface area contributed by atoms with Crippen LogP contribution in [0.25, 0.3) is 0 Å². The van der Waals surface area contributed by atoms with E-state index < -0.39 is 0 Å². The van der Waals surface area contributed by atoms with Gasteiger partial charge in [-0.15, -0.1) is 0 Å². The third-order valence-electron chi connectivity index (χ3n) is 3.87. The highest BCUT2D eigenvalue weighted by molar-refractivity contribution is 6.37. The van der Waals surface area contributed by atoms with Gasteiger partial charge < -0.3 is 10.4 Å². The molecule has 0 heterocycles. The van der Waals surface area contributed by atoms with Gasteiger partial charge in [-0.2, -0.15) is 0 Å². The van der Waals surface area contributed by atoms with Gasteiger partial charge in [0.2, 0.25) is 0 Å². The van der Waals surface area contributed by atoms with Gasteiger partial charge >= 0.3 is 0 Å². The quantitative estimate of drug-likeness (QED) is 0.744. The number of halogens is 2. The topological polar surface area (TPSA) is 32.3 Å². The summed E-state index contributed by atoms with van der Waals surface area (Å²) in [5, 5.41) is 13.6. The second kappa shape index (κ2) is 5.18. The molecule has 0 spiro atoms. The molecule has 1 aromatic carbocycles. The van der Waals surface area contributed by atoms with Crippen LogP contribution >= 0.6 is 23.2 Å². The SMILES string of the molecule is CC1(C)CCCCC1Nc1cc(Cl)c(O)c(Cl)c1. The number of phenolic OH excluding ortho intramolecular Hbond substituents is 1. The van der Waals surface area contributed by atoms with E-state index in [4.69, 9.17) is 23.2 Å². The van der Waals surface area contributed by atoms with Crippen molar-refractivity contribution in [3.8, 4) is 5.75 Å². The normalized spacial score (nSPS) is 22.8. The van der Waals surface area contributed by atoms with Crippen molar-refractivity contribution in [3.05, 3.63) is 22.2 Å². The predicted octanol–water partition coefficient (Wildman–Crippen LogP) is 5.08. The van der Waals surface area contributed by atoms with Gasteiger partial charge in [-0.3, -0.25) is 0 Å². The molecule has 1 saturated carbocycles. The van der Waals surface area contributed by atoms with Crippen LogP contribution in [0.15, 0.2) is 12.1 Å². The van der Waals surface area contributed by atoms with E-state index in [0.717, 1.165) is 12.1 Å². The molecule has 0 radical (unpaired) electrons. The maximum absolute atomic E-state index is 9.55. The lowest BCUT2D eigenvalue weighted by Crippen LogP contribution is -2.38. The summed E-state index contributed by atoms with van der Waals surface area (Å²) in [5.41, 5.74) is 1.15. The Morgan fingerprint density at radius 2 is 1.83 bits per heavy atom. The monoisotopic (exact) mass is 287 g/mol. The van der Waals surface area contributed by atoms with Crippen LogP contribution in [0, 0.1) is 5.41 Å². The lowest BCUT2D eigenvalue weighted by Gasteiger charge is -2.39. The molecule has 2 rings (SSSR count). The van der Waals surface area contributed by atoms with E-state index >= 15 is 0 Å². The van der Waals surface area contributed by atoms with E-state index in [1.54, 1.807) is 12.1 Å². The largest absolute Gasteiger partial charge is 0.505 e. The van der Waals surface area contributed by atoms with Crippen molar-refractivity contribution >= 4 is 28.9 Å². The molecule has 0 aromatic heterocycles. The predicted molar refractivity (Wildman–Crippen MR) is 77.8 cm³/mol. The van der Waals surface area contributed by atoms with E-state index in [2.05, 4.69) is 19.2 Å². The number of anilines is 1. The number of aromatic hydroxyl groups is 1. The second-order valence-electron chi connectivity index (χ2n) is 5.72. The molecule has 18 heavy (non-hydrogen) atoms. The van der Waals surface area contributed by atoms with E-state index in [9.17, 15) is 5.11 Å². The Labute approximate surface area is 118 Å². The van der Waals surface area contributed by atoms with Crippen LogP contribution in [0.1, 0.15) is 39.5 Å². The summed E-state index contributed by atoms with van der Waals surface area (Å²) in [6.45, 7) is 4.57. The Morgan fingerprint density at radius 1 is 1.22 bits per heavy atom. The van der Waals surface area contributed by atoms with Gasteiger partial charge in [0.05, 0.1) is 10.0 Å². The summed E-state index contributed by atoms with van der Waals surface area (Å²) in [4.78, 5) is 0. The first-order valence-corrected chi connectivity index (χ1v) is 7.10. The van der Waals surface area contributed by atoms with Crippen molar-refractivity contribution in [1.82, 2.24) is 0 Å². The fourth-order valence-corrected chi connectivity index (χ4v) is 3.10. The minimum absolute atomic E-state index is 0.0493. The fraction of sp³-hybridized carbons (Fsp3) is 0.571. The van der Waals surface area contributed by atoms with E-state index in [1.165, 1.54) is 19.3 Å². The average molecular weight is 288 g/mol. The molecule has 100 valence electrons. The van der Waals surface area contributed by atoms with Gasteiger partial charge in [0.1, 0.15) is 0 Å². The van der Waals surface area contributed by atoms with Crippen LogP contribution in [0.4, 0.5) is 5.69 Å². The minimum Gasteiger partial charge on any atom is -0.505 e. The van der Waals surface area contributed by atoms with Crippen LogP contribution in [0.3, 0.4) is 0 Å². The molecule has 0 aliphatic heterocycles. The molecule has 0 saturated heterocycles. The molecule has 1 atom stereocenters. The summed E-state index contributed by atoms with van der Waals surface area (Å²) in [6, 6.07) is 3.88. The van der Waals surface area contributed by atoms with Gasteiger partial charge in [0, 0.05) is 11.7 Å². The lowest BCUT2D eigenvalue weighted by atomic mass is 9.73. The Balaban J connectivity index is 2.18. The van der Waals surface area contributed by atoms with Crippen LogP contribution in [0.2, 0.25) is 10.0 Å². The first-order valence-electron chi connectivity index (χ1n) is 6.35. The Kier molecular flexibility index (Phi) is 3.98. The van der Waals surface area contributed by atoms with E-state index in [-0.39, 0.29) is 11.2 Å². The molecular weight excluding hydrogens is 269 g/mol. The van der Waals surface area contributed by atoms with Crippen molar-refractivity contribution in [3.63, 3.8) is 0 Å². The summed E-state index contributed by atoms with van der Waals surface area (Å²) >= 11 is 11.9. The first kappa shape index (κ1) is 13.8. The Morgan fingerprint density at radius 3 is 2.39 bits per heavy atom. The first-order chi connectivity index (χ1) is 8.40. The standard InChI is InChI=1S/C14H19Cl2NO/c1-14(2)6-4-3-5-12(14)17-9-7-10(15)13(18)11(16)8-9/h7-8,12,17-18H,3-6H2,1-2H3. The van der Waals surface area contributed by atoms with Crippen molar-refractivity contribution in [2.45, 2.75) is 45.6 Å². The van der Waals surface area contributed by atoms with Gasteiger partial charge in [-0.05, 0) is 30.4 Å². The smallest absolute Gasteiger partial charge is 0.152 e. The third-order valence-corrected chi connectivity index (χ3v) is 4.44. The highest BCUT2D eigenvalue weighted by Crippen LogP contribution is 2.39. The number of hydrogen-bond donors (Lipinski definition) is 2. The zero-order valence-corrected chi connectivity index (χ0v) is 12.3. The van der Waals surface area contributed by atoms with Crippen molar-refractivity contribution in [2.24, 2.45) is 5.41 Å². The molecule has 4 heteroatoms. The lowest BCUT2D eigenvalue weighted by molar-refractivity contribution is 0.217. The van der Waals surface area contributed by atoms with Crippen LogP contribution in [-0.4, -0.2) is 11.1 Å². The van der Waals surface area contributed by atoms with E-state index in [0.29, 0.717) is 16.1 Å². The Hall–Kier alpha value is -0.600. The number of rotatable bonds is 2. The average Bonchev–Trinajstić information content (AvgIpc) is 2.28. The Bertz CT molecular complexity index is 422. The minimum atomic E-state index is -0.0493. The highest BCUT2D eigenvalue weighted by Gasteiger charge is 2.32. The van der Waals surface area contributed by atoms with Gasteiger partial charge in [-0.25, -0.2) is 0 Å². The van der Waals surface area contributed by atoms with Gasteiger partial charge in [0.15, 0.2) is 5.75 Å². The number of phenols is 1. The summed E-state index contributed by atoms with van der Waals surface area (Å²) in [6.07, 6.45) is 4.93. The molecule has 1 fully saturated rings. The third kappa shape index (κ3) is 2.86. The van der Waals surface area contributed by atoms with Gasteiger partial charge in [0.25, 0.3) is 0 Å². The van der Waals surface area contributed by atoms with Crippen molar-refractivity contribution in [1.29, 1.82) is 0 Å². The maximum Gasteiger partial charge on any atom is 0.152 e. The molecular formula is C14H19Cl2NO. The zero-order valence-electron chi connectivity index (χ0n) is 10.8. The van der Waals surface area contributed by atoms with Gasteiger partial charge in [-0.1, -0.05) is 49.9 Å². The molecule has 1 aliphatic rings. The second-order valence-corrected chi connectivity index (χ2v) is 6.53. The van der Waals surface area contributed by atoms with Crippen molar-refractivity contribution in [2.75, 3.05) is 5.32 Å². The van der Waals surface area contributed by atoms with Crippen LogP contribution in [0.5, 0.6) is 5.75 Å². The molecule has 1 unspecified atom stereocenters. The summed E-state index contributed by atoms with van der Waals surface area (Å²) in [5.74, 6) is -0.0493. The molecule has 1 aromatic rings. The van der Waals surface area contributed by atoms with Crippen LogP contribution in [-0.2, 0) is 0 Å². The number of hydrogen-bond acceptors (Lipinski definition) is 2. The maximum atomic E-state index is 9.55. The zero-order chi connectivity index (χ0) is 13.3. The molecule has 0 amide bonds. The number of nitrogens with one attached hydrogen (secondary N) is 1. The summed E-state index contributed by atoms with van der Waals surface area (Å²) in [7, 11) is 0. The van der Waals surface area contributed by atoms with Crippen LogP contribution < -0.4 is 5.32 Å². The molecule has 2 N–H and O–H groups in total. The van der Waals surface area contributed by atoms with E-state index in [1.807, 2.05) is 0 Å². The highest BCUT2D eigenvalue weighted by atomic mass is 35.5. The molecule has 0 bridgehead atoms.